The Hall–Kier alpha value is -0.640. The second-order valence-electron chi connectivity index (χ2n) is 3.84. The second-order valence-corrected chi connectivity index (χ2v) is 5.55. The quantitative estimate of drug-likeness (QED) is 0.852. The SMILES string of the molecule is Brc1ccc(CNCc2ccccc2)cc1Br. The number of hydrogen-bond donors (Lipinski definition) is 1. The molecule has 0 radical (unpaired) electrons. The molecule has 2 rings (SSSR count). The second kappa shape index (κ2) is 6.34. The number of benzene rings is 2. The summed E-state index contributed by atoms with van der Waals surface area (Å²) in [5.41, 5.74) is 2.58. The van der Waals surface area contributed by atoms with E-state index in [-0.39, 0.29) is 0 Å². The van der Waals surface area contributed by atoms with Crippen molar-refractivity contribution in [1.29, 1.82) is 0 Å². The Labute approximate surface area is 119 Å². The number of halogens is 2. The van der Waals surface area contributed by atoms with Gasteiger partial charge in [0.25, 0.3) is 0 Å². The lowest BCUT2D eigenvalue weighted by Gasteiger charge is -2.06. The molecule has 0 bridgehead atoms. The zero-order valence-electron chi connectivity index (χ0n) is 9.29. The minimum absolute atomic E-state index is 0.876. The molecule has 2 aromatic rings. The fourth-order valence-corrected chi connectivity index (χ4v) is 2.27. The average molecular weight is 355 g/mol. The molecular weight excluding hydrogens is 342 g/mol. The van der Waals surface area contributed by atoms with Crippen LogP contribution in [0.4, 0.5) is 0 Å². The third kappa shape index (κ3) is 3.95. The van der Waals surface area contributed by atoms with Crippen LogP contribution < -0.4 is 5.32 Å². The Kier molecular flexibility index (Phi) is 4.77. The average Bonchev–Trinajstić information content (AvgIpc) is 2.35. The normalized spacial score (nSPS) is 10.5. The molecule has 0 unspecified atom stereocenters. The van der Waals surface area contributed by atoms with Crippen molar-refractivity contribution in [3.05, 3.63) is 68.6 Å². The lowest BCUT2D eigenvalue weighted by molar-refractivity contribution is 0.693. The van der Waals surface area contributed by atoms with Crippen molar-refractivity contribution in [2.75, 3.05) is 0 Å². The van der Waals surface area contributed by atoms with E-state index < -0.39 is 0 Å². The van der Waals surface area contributed by atoms with Crippen molar-refractivity contribution in [3.63, 3.8) is 0 Å². The van der Waals surface area contributed by atoms with Gasteiger partial charge < -0.3 is 5.32 Å². The molecule has 88 valence electrons. The summed E-state index contributed by atoms with van der Waals surface area (Å²) in [6, 6.07) is 16.7. The molecule has 0 aliphatic carbocycles. The van der Waals surface area contributed by atoms with Crippen molar-refractivity contribution in [1.82, 2.24) is 5.32 Å². The Balaban J connectivity index is 1.88. The van der Waals surface area contributed by atoms with Gasteiger partial charge in [0.1, 0.15) is 0 Å². The fraction of sp³-hybridized carbons (Fsp3) is 0.143. The molecule has 0 amide bonds. The highest BCUT2D eigenvalue weighted by molar-refractivity contribution is 9.13. The van der Waals surface area contributed by atoms with E-state index in [0.29, 0.717) is 0 Å². The van der Waals surface area contributed by atoms with Crippen LogP contribution in [0.25, 0.3) is 0 Å². The highest BCUT2D eigenvalue weighted by Crippen LogP contribution is 2.23. The predicted molar refractivity (Wildman–Crippen MR) is 78.8 cm³/mol. The number of rotatable bonds is 4. The van der Waals surface area contributed by atoms with Crippen LogP contribution in [0.3, 0.4) is 0 Å². The molecule has 0 spiro atoms. The first kappa shape index (κ1) is 12.8. The maximum atomic E-state index is 3.51. The molecule has 2 aromatic carbocycles. The van der Waals surface area contributed by atoms with Gasteiger partial charge in [-0.05, 0) is 55.1 Å². The Morgan fingerprint density at radius 2 is 1.47 bits per heavy atom. The highest BCUT2D eigenvalue weighted by atomic mass is 79.9. The maximum Gasteiger partial charge on any atom is 0.0320 e. The zero-order chi connectivity index (χ0) is 12.1. The predicted octanol–water partition coefficient (Wildman–Crippen LogP) is 4.50. The summed E-state index contributed by atoms with van der Waals surface area (Å²) in [6.45, 7) is 1.77. The van der Waals surface area contributed by atoms with Crippen molar-refractivity contribution in [3.8, 4) is 0 Å². The molecule has 0 saturated heterocycles. The van der Waals surface area contributed by atoms with Gasteiger partial charge in [-0.3, -0.25) is 0 Å². The van der Waals surface area contributed by atoms with Crippen molar-refractivity contribution < 1.29 is 0 Å². The summed E-state index contributed by atoms with van der Waals surface area (Å²) < 4.78 is 2.18. The Morgan fingerprint density at radius 3 is 2.18 bits per heavy atom. The van der Waals surface area contributed by atoms with Gasteiger partial charge in [-0.25, -0.2) is 0 Å². The highest BCUT2D eigenvalue weighted by Gasteiger charge is 1.98. The van der Waals surface area contributed by atoms with E-state index in [0.717, 1.165) is 22.0 Å². The summed E-state index contributed by atoms with van der Waals surface area (Å²) in [7, 11) is 0. The summed E-state index contributed by atoms with van der Waals surface area (Å²) in [6.07, 6.45) is 0. The smallest absolute Gasteiger partial charge is 0.0320 e. The molecular formula is C14H13Br2N. The van der Waals surface area contributed by atoms with Gasteiger partial charge >= 0.3 is 0 Å². The van der Waals surface area contributed by atoms with Crippen LogP contribution in [0.1, 0.15) is 11.1 Å². The first-order valence-corrected chi connectivity index (χ1v) is 7.03. The van der Waals surface area contributed by atoms with E-state index in [2.05, 4.69) is 79.6 Å². The van der Waals surface area contributed by atoms with Crippen molar-refractivity contribution in [2.45, 2.75) is 13.1 Å². The van der Waals surface area contributed by atoms with Crippen LogP contribution in [-0.2, 0) is 13.1 Å². The molecule has 0 aliphatic rings. The molecule has 0 aliphatic heterocycles. The van der Waals surface area contributed by atoms with Gasteiger partial charge in [0, 0.05) is 22.0 Å². The summed E-state index contributed by atoms with van der Waals surface area (Å²) in [4.78, 5) is 0. The van der Waals surface area contributed by atoms with E-state index >= 15 is 0 Å². The number of nitrogens with one attached hydrogen (secondary N) is 1. The third-order valence-corrected chi connectivity index (χ3v) is 4.36. The first-order chi connectivity index (χ1) is 8.25. The molecule has 0 atom stereocenters. The molecule has 1 N–H and O–H groups in total. The molecule has 3 heteroatoms. The number of hydrogen-bond acceptors (Lipinski definition) is 1. The first-order valence-electron chi connectivity index (χ1n) is 5.44. The Morgan fingerprint density at radius 1 is 0.765 bits per heavy atom. The van der Waals surface area contributed by atoms with E-state index in [4.69, 9.17) is 0 Å². The van der Waals surface area contributed by atoms with Crippen molar-refractivity contribution in [2.24, 2.45) is 0 Å². The molecule has 0 fully saturated rings. The standard InChI is InChI=1S/C14H13Br2N/c15-13-7-6-12(8-14(13)16)10-17-9-11-4-2-1-3-5-11/h1-8,17H,9-10H2. The van der Waals surface area contributed by atoms with Gasteiger partial charge in [0.05, 0.1) is 0 Å². The van der Waals surface area contributed by atoms with Gasteiger partial charge in [0.15, 0.2) is 0 Å². The van der Waals surface area contributed by atoms with Crippen LogP contribution in [0.2, 0.25) is 0 Å². The van der Waals surface area contributed by atoms with E-state index in [1.54, 1.807) is 0 Å². The fourth-order valence-electron chi connectivity index (χ4n) is 1.60. The molecule has 0 saturated carbocycles. The zero-order valence-corrected chi connectivity index (χ0v) is 12.5. The molecule has 17 heavy (non-hydrogen) atoms. The molecule has 0 heterocycles. The van der Waals surface area contributed by atoms with E-state index in [9.17, 15) is 0 Å². The third-order valence-electron chi connectivity index (χ3n) is 2.49. The van der Waals surface area contributed by atoms with Crippen LogP contribution in [0, 0.1) is 0 Å². The Bertz CT molecular complexity index is 483. The van der Waals surface area contributed by atoms with Gasteiger partial charge in [-0.2, -0.15) is 0 Å². The van der Waals surface area contributed by atoms with Gasteiger partial charge in [-0.15, -0.1) is 0 Å². The van der Waals surface area contributed by atoms with Crippen molar-refractivity contribution >= 4 is 31.9 Å². The molecule has 0 aromatic heterocycles. The van der Waals surface area contributed by atoms with Gasteiger partial charge in [0.2, 0.25) is 0 Å². The molecule has 1 nitrogen and oxygen atoms in total. The van der Waals surface area contributed by atoms with E-state index in [1.807, 2.05) is 6.07 Å². The maximum absolute atomic E-state index is 3.51. The van der Waals surface area contributed by atoms with Crippen LogP contribution in [-0.4, -0.2) is 0 Å². The largest absolute Gasteiger partial charge is 0.309 e. The minimum Gasteiger partial charge on any atom is -0.309 e. The minimum atomic E-state index is 0.876. The lowest BCUT2D eigenvalue weighted by atomic mass is 10.2. The van der Waals surface area contributed by atoms with Crippen LogP contribution >= 0.6 is 31.9 Å². The van der Waals surface area contributed by atoms with E-state index in [1.165, 1.54) is 11.1 Å². The monoisotopic (exact) mass is 353 g/mol. The summed E-state index contributed by atoms with van der Waals surface area (Å²) >= 11 is 6.98. The topological polar surface area (TPSA) is 12.0 Å². The lowest BCUT2D eigenvalue weighted by Crippen LogP contribution is -2.12. The van der Waals surface area contributed by atoms with Crippen LogP contribution in [0.5, 0.6) is 0 Å². The summed E-state index contributed by atoms with van der Waals surface area (Å²) in [5, 5.41) is 3.43. The van der Waals surface area contributed by atoms with Gasteiger partial charge in [-0.1, -0.05) is 36.4 Å². The summed E-state index contributed by atoms with van der Waals surface area (Å²) in [5.74, 6) is 0. The van der Waals surface area contributed by atoms with Crippen LogP contribution in [0.15, 0.2) is 57.5 Å².